The van der Waals surface area contributed by atoms with Crippen LogP contribution in [0.5, 0.6) is 0 Å². The molecule has 0 spiro atoms. The van der Waals surface area contributed by atoms with Gasteiger partial charge in [-0.25, -0.2) is 0 Å². The Labute approximate surface area is 120 Å². The molecule has 2 nitrogen and oxygen atoms in total. The number of ether oxygens (including phenoxy) is 1. The number of alkyl halides is 1. The topological polar surface area (TPSA) is 33.1 Å². The zero-order chi connectivity index (χ0) is 12.9. The third-order valence-corrected chi connectivity index (χ3v) is 5.28. The normalized spacial score (nSPS) is 22.1. The molecule has 1 rings (SSSR count). The number of hydrogen-bond donors (Lipinski definition) is 1. The van der Waals surface area contributed by atoms with Crippen LogP contribution in [0.25, 0.3) is 0 Å². The Kier molecular flexibility index (Phi) is 6.24. The Morgan fingerprint density at radius 3 is 2.47 bits per heavy atom. The van der Waals surface area contributed by atoms with Crippen molar-refractivity contribution in [2.24, 2.45) is 5.92 Å². The summed E-state index contributed by atoms with van der Waals surface area (Å²) in [6, 6.07) is 0. The van der Waals surface area contributed by atoms with Crippen molar-refractivity contribution in [2.75, 3.05) is 0 Å². The van der Waals surface area contributed by atoms with Gasteiger partial charge in [-0.1, -0.05) is 55.7 Å². The minimum Gasteiger partial charge on any atom is -0.474 e. The van der Waals surface area contributed by atoms with Crippen LogP contribution < -0.4 is 0 Å². The fourth-order valence-electron chi connectivity index (χ4n) is 2.68. The Hall–Kier alpha value is 0.200. The zero-order valence-electron chi connectivity index (χ0n) is 11.4. The first-order valence-electron chi connectivity index (χ1n) is 6.95. The van der Waals surface area contributed by atoms with Crippen molar-refractivity contribution in [3.8, 4) is 0 Å². The van der Waals surface area contributed by atoms with Crippen molar-refractivity contribution >= 4 is 28.5 Å². The molecule has 0 saturated heterocycles. The van der Waals surface area contributed by atoms with E-state index in [0.717, 1.165) is 19.3 Å². The summed E-state index contributed by atoms with van der Waals surface area (Å²) >= 11 is 2.34. The molecule has 100 valence electrons. The van der Waals surface area contributed by atoms with Crippen molar-refractivity contribution in [2.45, 2.75) is 75.2 Å². The fraction of sp³-hybridized carbons (Fsp3) is 0.929. The SMILES string of the molecule is CCCC(I)C(=N)OC(C)(CC)C1CCCC1. The molecular weight excluding hydrogens is 325 g/mol. The smallest absolute Gasteiger partial charge is 0.194 e. The van der Waals surface area contributed by atoms with Crippen LogP contribution in [-0.4, -0.2) is 15.4 Å². The lowest BCUT2D eigenvalue weighted by Gasteiger charge is -2.36. The molecule has 0 aromatic carbocycles. The highest BCUT2D eigenvalue weighted by Crippen LogP contribution is 2.38. The lowest BCUT2D eigenvalue weighted by Crippen LogP contribution is -2.39. The molecule has 1 saturated carbocycles. The first-order chi connectivity index (χ1) is 8.03. The van der Waals surface area contributed by atoms with E-state index in [4.69, 9.17) is 10.1 Å². The summed E-state index contributed by atoms with van der Waals surface area (Å²) in [7, 11) is 0. The summed E-state index contributed by atoms with van der Waals surface area (Å²) in [5, 5.41) is 8.09. The van der Waals surface area contributed by atoms with Crippen LogP contribution in [0.1, 0.15) is 65.7 Å². The molecule has 17 heavy (non-hydrogen) atoms. The second-order valence-corrected chi connectivity index (χ2v) is 6.87. The number of nitrogens with one attached hydrogen (secondary N) is 1. The molecule has 0 bridgehead atoms. The van der Waals surface area contributed by atoms with Crippen molar-refractivity contribution in [3.05, 3.63) is 0 Å². The Balaban J connectivity index is 2.58. The summed E-state index contributed by atoms with van der Waals surface area (Å²) in [4.78, 5) is 0. The van der Waals surface area contributed by atoms with Gasteiger partial charge in [-0.15, -0.1) is 0 Å². The van der Waals surface area contributed by atoms with E-state index in [1.54, 1.807) is 0 Å². The molecule has 2 atom stereocenters. The Bertz CT molecular complexity index is 251. The number of halogens is 1. The molecule has 1 N–H and O–H groups in total. The summed E-state index contributed by atoms with van der Waals surface area (Å²) < 4.78 is 6.30. The van der Waals surface area contributed by atoms with Crippen molar-refractivity contribution in [1.82, 2.24) is 0 Å². The number of hydrogen-bond acceptors (Lipinski definition) is 2. The highest BCUT2D eigenvalue weighted by molar-refractivity contribution is 14.1. The van der Waals surface area contributed by atoms with Crippen LogP contribution in [0.2, 0.25) is 0 Å². The predicted molar refractivity (Wildman–Crippen MR) is 82.2 cm³/mol. The molecule has 0 aromatic heterocycles. The minimum absolute atomic E-state index is 0.106. The van der Waals surface area contributed by atoms with E-state index in [9.17, 15) is 0 Å². The second kappa shape index (κ2) is 6.95. The van der Waals surface area contributed by atoms with Crippen LogP contribution in [0.15, 0.2) is 0 Å². The average molecular weight is 351 g/mol. The third kappa shape index (κ3) is 4.11. The van der Waals surface area contributed by atoms with Crippen molar-refractivity contribution in [3.63, 3.8) is 0 Å². The highest BCUT2D eigenvalue weighted by atomic mass is 127. The van der Waals surface area contributed by atoms with Crippen LogP contribution in [0, 0.1) is 11.3 Å². The van der Waals surface area contributed by atoms with Crippen molar-refractivity contribution in [1.29, 1.82) is 5.41 Å². The van der Waals surface area contributed by atoms with Gasteiger partial charge in [-0.3, -0.25) is 5.41 Å². The molecule has 0 heterocycles. The molecule has 2 unspecified atom stereocenters. The van der Waals surface area contributed by atoms with Gasteiger partial charge in [-0.05, 0) is 38.5 Å². The minimum atomic E-state index is -0.106. The summed E-state index contributed by atoms with van der Waals surface area (Å²) in [6.45, 7) is 6.55. The molecule has 0 amide bonds. The van der Waals surface area contributed by atoms with Gasteiger partial charge >= 0.3 is 0 Å². The van der Waals surface area contributed by atoms with Gasteiger partial charge in [0.1, 0.15) is 5.60 Å². The molecule has 3 heteroatoms. The zero-order valence-corrected chi connectivity index (χ0v) is 13.5. The van der Waals surface area contributed by atoms with Crippen LogP contribution in [0.3, 0.4) is 0 Å². The van der Waals surface area contributed by atoms with Gasteiger partial charge in [0, 0.05) is 0 Å². The molecule has 0 radical (unpaired) electrons. The van der Waals surface area contributed by atoms with E-state index in [1.807, 2.05) is 0 Å². The Morgan fingerprint density at radius 1 is 1.41 bits per heavy atom. The van der Waals surface area contributed by atoms with Gasteiger partial charge in [0.15, 0.2) is 5.90 Å². The van der Waals surface area contributed by atoms with Gasteiger partial charge in [-0.2, -0.15) is 0 Å². The molecule has 1 aliphatic rings. The van der Waals surface area contributed by atoms with E-state index in [0.29, 0.717) is 11.8 Å². The third-order valence-electron chi connectivity index (χ3n) is 4.09. The first kappa shape index (κ1) is 15.3. The largest absolute Gasteiger partial charge is 0.474 e. The summed E-state index contributed by atoms with van der Waals surface area (Å²) in [5.41, 5.74) is -0.106. The first-order valence-corrected chi connectivity index (χ1v) is 8.19. The van der Waals surface area contributed by atoms with E-state index in [2.05, 4.69) is 43.4 Å². The fourth-order valence-corrected chi connectivity index (χ4v) is 3.43. The summed E-state index contributed by atoms with van der Waals surface area (Å²) in [5.74, 6) is 1.14. The van der Waals surface area contributed by atoms with Gasteiger partial charge in [0.2, 0.25) is 0 Å². The van der Waals surface area contributed by atoms with Gasteiger partial charge < -0.3 is 4.74 Å². The second-order valence-electron chi connectivity index (χ2n) is 5.37. The molecule has 0 aromatic rings. The van der Waals surface area contributed by atoms with Gasteiger partial charge in [0.05, 0.1) is 3.92 Å². The lowest BCUT2D eigenvalue weighted by molar-refractivity contribution is 0.00891. The molecular formula is C14H26INO. The Morgan fingerprint density at radius 2 is 2.00 bits per heavy atom. The lowest BCUT2D eigenvalue weighted by atomic mass is 9.85. The van der Waals surface area contributed by atoms with Crippen molar-refractivity contribution < 1.29 is 4.74 Å². The van der Waals surface area contributed by atoms with E-state index < -0.39 is 0 Å². The summed E-state index contributed by atoms with van der Waals surface area (Å²) in [6.07, 6.45) is 8.39. The van der Waals surface area contributed by atoms with E-state index in [1.165, 1.54) is 25.7 Å². The van der Waals surface area contributed by atoms with E-state index >= 15 is 0 Å². The standard InChI is InChI=1S/C14H26INO/c1-4-8-12(15)13(16)17-14(3,5-2)11-9-6-7-10-11/h11-12,16H,4-10H2,1-3H3. The van der Waals surface area contributed by atoms with Crippen LogP contribution >= 0.6 is 22.6 Å². The highest BCUT2D eigenvalue weighted by Gasteiger charge is 2.37. The number of rotatable bonds is 6. The maximum absolute atomic E-state index is 8.09. The predicted octanol–water partition coefficient (Wildman–Crippen LogP) is 4.94. The maximum Gasteiger partial charge on any atom is 0.194 e. The molecule has 0 aliphatic heterocycles. The van der Waals surface area contributed by atoms with Gasteiger partial charge in [0.25, 0.3) is 0 Å². The monoisotopic (exact) mass is 351 g/mol. The maximum atomic E-state index is 8.09. The van der Waals surface area contributed by atoms with Crippen LogP contribution in [-0.2, 0) is 4.74 Å². The molecule has 1 aliphatic carbocycles. The van der Waals surface area contributed by atoms with E-state index in [-0.39, 0.29) is 9.53 Å². The average Bonchev–Trinajstić information content (AvgIpc) is 2.83. The quantitative estimate of drug-likeness (QED) is 0.313. The van der Waals surface area contributed by atoms with Crippen LogP contribution in [0.4, 0.5) is 0 Å². The molecule has 1 fully saturated rings.